The molecule has 3 aromatic rings. The van der Waals surface area contributed by atoms with E-state index in [1.807, 2.05) is 42.5 Å². The monoisotopic (exact) mass is 461 g/mol. The standard InChI is InChI=1S/C28H31NO5/c1-19-16-24(34-23-12-14-32-15-13-23)17-20(2)28(19)25-4-3-5-26(29-25)33-18-22-8-6-21(7-9-22)10-11-27(30)31/h3-9,16-17,23H,10-15,18H2,1-2H3,(H,30,31). The van der Waals surface area contributed by atoms with Gasteiger partial charge in [-0.15, -0.1) is 0 Å². The predicted molar refractivity (Wildman–Crippen MR) is 130 cm³/mol. The molecule has 0 amide bonds. The van der Waals surface area contributed by atoms with Crippen molar-refractivity contribution in [3.05, 3.63) is 76.9 Å². The molecular weight excluding hydrogens is 430 g/mol. The van der Waals surface area contributed by atoms with E-state index in [1.165, 1.54) is 0 Å². The van der Waals surface area contributed by atoms with Crippen molar-refractivity contribution in [2.45, 2.75) is 52.2 Å². The lowest BCUT2D eigenvalue weighted by Crippen LogP contribution is -2.25. The lowest BCUT2D eigenvalue weighted by molar-refractivity contribution is -0.136. The minimum absolute atomic E-state index is 0.133. The molecule has 34 heavy (non-hydrogen) atoms. The molecule has 0 saturated carbocycles. The molecule has 1 saturated heterocycles. The van der Waals surface area contributed by atoms with Crippen LogP contribution in [0.25, 0.3) is 11.3 Å². The van der Waals surface area contributed by atoms with Crippen molar-refractivity contribution in [1.82, 2.24) is 4.98 Å². The van der Waals surface area contributed by atoms with Gasteiger partial charge in [0.1, 0.15) is 18.5 Å². The van der Waals surface area contributed by atoms with Gasteiger partial charge in [0, 0.05) is 30.9 Å². The minimum atomic E-state index is -0.787. The van der Waals surface area contributed by atoms with Gasteiger partial charge in [-0.2, -0.15) is 0 Å². The minimum Gasteiger partial charge on any atom is -0.490 e. The zero-order chi connectivity index (χ0) is 23.9. The fourth-order valence-electron chi connectivity index (χ4n) is 4.23. The number of aromatic nitrogens is 1. The maximum atomic E-state index is 10.7. The van der Waals surface area contributed by atoms with Crippen LogP contribution in [0.5, 0.6) is 11.6 Å². The molecule has 2 heterocycles. The molecule has 1 aliphatic rings. The molecular formula is C28H31NO5. The average molecular weight is 462 g/mol. The molecule has 6 heteroatoms. The van der Waals surface area contributed by atoms with Gasteiger partial charge in [-0.05, 0) is 60.7 Å². The third kappa shape index (κ3) is 6.35. The highest BCUT2D eigenvalue weighted by Gasteiger charge is 2.17. The van der Waals surface area contributed by atoms with Gasteiger partial charge in [-0.3, -0.25) is 4.79 Å². The number of hydrogen-bond acceptors (Lipinski definition) is 5. The lowest BCUT2D eigenvalue weighted by Gasteiger charge is -2.24. The second-order valence-electron chi connectivity index (χ2n) is 8.72. The van der Waals surface area contributed by atoms with Crippen molar-refractivity contribution < 1.29 is 24.1 Å². The van der Waals surface area contributed by atoms with Crippen LogP contribution >= 0.6 is 0 Å². The van der Waals surface area contributed by atoms with Crippen LogP contribution in [0.2, 0.25) is 0 Å². The Morgan fingerprint density at radius 2 is 1.71 bits per heavy atom. The number of carbonyl (C=O) groups is 1. The topological polar surface area (TPSA) is 77.9 Å². The van der Waals surface area contributed by atoms with Crippen LogP contribution in [-0.2, 0) is 22.6 Å². The van der Waals surface area contributed by atoms with E-state index in [2.05, 4.69) is 26.0 Å². The van der Waals surface area contributed by atoms with E-state index in [9.17, 15) is 4.79 Å². The van der Waals surface area contributed by atoms with E-state index in [0.717, 1.165) is 65.3 Å². The first kappa shape index (κ1) is 23.8. The molecule has 1 N–H and O–H groups in total. The van der Waals surface area contributed by atoms with Crippen molar-refractivity contribution in [3.63, 3.8) is 0 Å². The van der Waals surface area contributed by atoms with Gasteiger partial charge in [0.2, 0.25) is 5.88 Å². The summed E-state index contributed by atoms with van der Waals surface area (Å²) >= 11 is 0. The van der Waals surface area contributed by atoms with Crippen LogP contribution in [0.1, 0.15) is 41.5 Å². The van der Waals surface area contributed by atoms with Gasteiger partial charge in [0.25, 0.3) is 0 Å². The van der Waals surface area contributed by atoms with E-state index >= 15 is 0 Å². The van der Waals surface area contributed by atoms with Crippen molar-refractivity contribution in [1.29, 1.82) is 0 Å². The second kappa shape index (κ2) is 11.2. The summed E-state index contributed by atoms with van der Waals surface area (Å²) in [4.78, 5) is 15.5. The van der Waals surface area contributed by atoms with E-state index in [0.29, 0.717) is 18.9 Å². The Balaban J connectivity index is 1.42. The smallest absolute Gasteiger partial charge is 0.303 e. The highest BCUT2D eigenvalue weighted by Crippen LogP contribution is 2.32. The molecule has 0 radical (unpaired) electrons. The quantitative estimate of drug-likeness (QED) is 0.452. The highest BCUT2D eigenvalue weighted by molar-refractivity contribution is 5.69. The van der Waals surface area contributed by atoms with Crippen LogP contribution in [0.4, 0.5) is 0 Å². The number of nitrogens with zero attached hydrogens (tertiary/aromatic N) is 1. The number of hydrogen-bond donors (Lipinski definition) is 1. The van der Waals surface area contributed by atoms with Crippen LogP contribution in [0.15, 0.2) is 54.6 Å². The number of ether oxygens (including phenoxy) is 3. The maximum absolute atomic E-state index is 10.7. The summed E-state index contributed by atoms with van der Waals surface area (Å²) in [5, 5.41) is 8.82. The summed E-state index contributed by atoms with van der Waals surface area (Å²) in [6.07, 6.45) is 2.71. The Kier molecular flexibility index (Phi) is 7.80. The van der Waals surface area contributed by atoms with E-state index in [4.69, 9.17) is 24.3 Å². The van der Waals surface area contributed by atoms with Crippen molar-refractivity contribution >= 4 is 5.97 Å². The zero-order valence-electron chi connectivity index (χ0n) is 19.8. The summed E-state index contributed by atoms with van der Waals surface area (Å²) in [5.41, 5.74) is 6.20. The first-order valence-corrected chi connectivity index (χ1v) is 11.7. The SMILES string of the molecule is Cc1cc(OC2CCOCC2)cc(C)c1-c1cccc(OCc2ccc(CCC(=O)O)cc2)n1. The Morgan fingerprint density at radius 1 is 1.03 bits per heavy atom. The summed E-state index contributed by atoms with van der Waals surface area (Å²) in [6, 6.07) is 17.8. The van der Waals surface area contributed by atoms with Crippen LogP contribution in [-0.4, -0.2) is 35.4 Å². The normalized spacial score (nSPS) is 14.1. The first-order valence-electron chi connectivity index (χ1n) is 11.7. The van der Waals surface area contributed by atoms with E-state index < -0.39 is 5.97 Å². The molecule has 0 aliphatic carbocycles. The molecule has 0 atom stereocenters. The summed E-state index contributed by atoms with van der Waals surface area (Å²) in [5.74, 6) is 0.670. The van der Waals surface area contributed by atoms with Gasteiger partial charge in [0.05, 0.1) is 18.9 Å². The van der Waals surface area contributed by atoms with Crippen molar-refractivity contribution in [2.24, 2.45) is 0 Å². The van der Waals surface area contributed by atoms with Gasteiger partial charge in [0.15, 0.2) is 0 Å². The second-order valence-corrected chi connectivity index (χ2v) is 8.72. The number of carboxylic acid groups (broad SMARTS) is 1. The third-order valence-corrected chi connectivity index (χ3v) is 5.99. The zero-order valence-corrected chi connectivity index (χ0v) is 19.8. The van der Waals surface area contributed by atoms with E-state index in [-0.39, 0.29) is 12.5 Å². The predicted octanol–water partition coefficient (Wildman–Crippen LogP) is 5.52. The fraction of sp³-hybridized carbons (Fsp3) is 0.357. The van der Waals surface area contributed by atoms with E-state index in [1.54, 1.807) is 0 Å². The summed E-state index contributed by atoms with van der Waals surface area (Å²) < 4.78 is 17.6. The average Bonchev–Trinajstić information content (AvgIpc) is 2.82. The van der Waals surface area contributed by atoms with Gasteiger partial charge in [-0.25, -0.2) is 4.98 Å². The number of benzene rings is 2. The molecule has 2 aromatic carbocycles. The van der Waals surface area contributed by atoms with Crippen molar-refractivity contribution in [2.75, 3.05) is 13.2 Å². The Labute approximate surface area is 200 Å². The molecule has 6 nitrogen and oxygen atoms in total. The summed E-state index contributed by atoms with van der Waals surface area (Å²) in [7, 11) is 0. The van der Waals surface area contributed by atoms with Crippen LogP contribution in [0.3, 0.4) is 0 Å². The number of pyridine rings is 1. The van der Waals surface area contributed by atoms with Crippen LogP contribution < -0.4 is 9.47 Å². The molecule has 1 fully saturated rings. The molecule has 178 valence electrons. The molecule has 0 unspecified atom stereocenters. The molecule has 0 bridgehead atoms. The van der Waals surface area contributed by atoms with Gasteiger partial charge < -0.3 is 19.3 Å². The van der Waals surface area contributed by atoms with Crippen molar-refractivity contribution in [3.8, 4) is 22.9 Å². The van der Waals surface area contributed by atoms with Gasteiger partial charge >= 0.3 is 5.97 Å². The molecule has 1 aliphatic heterocycles. The highest BCUT2D eigenvalue weighted by atomic mass is 16.5. The fourth-order valence-corrected chi connectivity index (χ4v) is 4.23. The molecule has 4 rings (SSSR count). The number of aliphatic carboxylic acids is 1. The maximum Gasteiger partial charge on any atom is 0.303 e. The summed E-state index contributed by atoms with van der Waals surface area (Å²) in [6.45, 7) is 6.07. The third-order valence-electron chi connectivity index (χ3n) is 5.99. The Hall–Kier alpha value is -3.38. The van der Waals surface area contributed by atoms with Gasteiger partial charge in [-0.1, -0.05) is 30.3 Å². The van der Waals surface area contributed by atoms with Crippen LogP contribution in [0, 0.1) is 13.8 Å². The number of carboxylic acids is 1. The number of aryl methyl sites for hydroxylation is 3. The largest absolute Gasteiger partial charge is 0.490 e. The molecule has 0 spiro atoms. The Morgan fingerprint density at radius 3 is 2.38 bits per heavy atom. The first-order chi connectivity index (χ1) is 16.5. The lowest BCUT2D eigenvalue weighted by atomic mass is 9.99. The Bertz CT molecular complexity index is 1100. The molecule has 1 aromatic heterocycles. The number of rotatable bonds is 9.